The second-order valence-electron chi connectivity index (χ2n) is 5.23. The van der Waals surface area contributed by atoms with Gasteiger partial charge in [-0.25, -0.2) is 0 Å². The van der Waals surface area contributed by atoms with Crippen LogP contribution in [-0.2, 0) is 4.74 Å². The predicted molar refractivity (Wildman–Crippen MR) is 69.2 cm³/mol. The molecule has 0 aromatic heterocycles. The quantitative estimate of drug-likeness (QED) is 0.852. The zero-order chi connectivity index (χ0) is 12.4. The Bertz CT molecular complexity index is 369. The lowest BCUT2D eigenvalue weighted by atomic mass is 9.86. The van der Waals surface area contributed by atoms with Gasteiger partial charge in [0.25, 0.3) is 0 Å². The molecule has 1 heterocycles. The normalized spacial score (nSPS) is 22.5. The first-order valence-corrected chi connectivity index (χ1v) is 6.43. The number of ether oxygens (including phenoxy) is 1. The largest absolute Gasteiger partial charge is 0.388 e. The van der Waals surface area contributed by atoms with Gasteiger partial charge in [-0.3, -0.25) is 0 Å². The molecule has 2 atom stereocenters. The van der Waals surface area contributed by atoms with E-state index in [2.05, 4.69) is 32.9 Å². The van der Waals surface area contributed by atoms with Crippen LogP contribution in [0.15, 0.2) is 12.1 Å². The summed E-state index contributed by atoms with van der Waals surface area (Å²) < 4.78 is 5.47. The lowest BCUT2D eigenvalue weighted by Crippen LogP contribution is -2.24. The minimum atomic E-state index is -0.379. The highest BCUT2D eigenvalue weighted by atomic mass is 16.5. The molecule has 1 aromatic carbocycles. The summed E-state index contributed by atoms with van der Waals surface area (Å²) in [4.78, 5) is 0. The Hall–Kier alpha value is -0.860. The van der Waals surface area contributed by atoms with Crippen LogP contribution < -0.4 is 0 Å². The number of hydrogen-bond acceptors (Lipinski definition) is 2. The van der Waals surface area contributed by atoms with Crippen molar-refractivity contribution < 1.29 is 9.84 Å². The van der Waals surface area contributed by atoms with Crippen molar-refractivity contribution in [3.63, 3.8) is 0 Å². The molecule has 2 heteroatoms. The smallest absolute Gasteiger partial charge is 0.0845 e. The molecular formula is C15H22O2. The molecule has 1 N–H and O–H groups in total. The molecule has 1 aromatic rings. The van der Waals surface area contributed by atoms with Gasteiger partial charge in [-0.05, 0) is 50.3 Å². The van der Waals surface area contributed by atoms with Crippen LogP contribution in [0.5, 0.6) is 0 Å². The summed E-state index contributed by atoms with van der Waals surface area (Å²) >= 11 is 0. The summed E-state index contributed by atoms with van der Waals surface area (Å²) in [6, 6.07) is 4.30. The Kier molecular flexibility index (Phi) is 3.85. The third kappa shape index (κ3) is 2.70. The molecule has 2 nitrogen and oxygen atoms in total. The van der Waals surface area contributed by atoms with E-state index in [1.165, 1.54) is 16.7 Å². The molecule has 0 amide bonds. The van der Waals surface area contributed by atoms with Crippen molar-refractivity contribution in [1.29, 1.82) is 0 Å². The van der Waals surface area contributed by atoms with Crippen LogP contribution in [0.25, 0.3) is 0 Å². The monoisotopic (exact) mass is 234 g/mol. The van der Waals surface area contributed by atoms with Crippen molar-refractivity contribution in [2.45, 2.75) is 39.7 Å². The van der Waals surface area contributed by atoms with Crippen molar-refractivity contribution in [1.82, 2.24) is 0 Å². The summed E-state index contributed by atoms with van der Waals surface area (Å²) in [7, 11) is 0. The van der Waals surface area contributed by atoms with E-state index >= 15 is 0 Å². The van der Waals surface area contributed by atoms with Crippen LogP contribution in [0.4, 0.5) is 0 Å². The van der Waals surface area contributed by atoms with Crippen molar-refractivity contribution in [2.75, 3.05) is 13.2 Å². The fourth-order valence-electron chi connectivity index (χ4n) is 2.91. The van der Waals surface area contributed by atoms with E-state index in [-0.39, 0.29) is 12.0 Å². The van der Waals surface area contributed by atoms with Gasteiger partial charge in [-0.2, -0.15) is 0 Å². The average molecular weight is 234 g/mol. The zero-order valence-corrected chi connectivity index (χ0v) is 11.0. The van der Waals surface area contributed by atoms with Gasteiger partial charge in [0.2, 0.25) is 0 Å². The molecule has 1 aliphatic rings. The molecule has 94 valence electrons. The van der Waals surface area contributed by atoms with E-state index in [0.717, 1.165) is 25.0 Å². The van der Waals surface area contributed by atoms with Gasteiger partial charge >= 0.3 is 0 Å². The average Bonchev–Trinajstić information content (AvgIpc) is 2.28. The number of aliphatic hydroxyl groups is 1. The van der Waals surface area contributed by atoms with E-state index < -0.39 is 0 Å². The molecule has 0 radical (unpaired) electrons. The lowest BCUT2D eigenvalue weighted by molar-refractivity contribution is -0.0104. The van der Waals surface area contributed by atoms with Gasteiger partial charge in [-0.15, -0.1) is 0 Å². The minimum Gasteiger partial charge on any atom is -0.388 e. The topological polar surface area (TPSA) is 29.5 Å². The van der Waals surface area contributed by atoms with E-state index in [9.17, 15) is 5.11 Å². The summed E-state index contributed by atoms with van der Waals surface area (Å²) in [5.41, 5.74) is 4.75. The van der Waals surface area contributed by atoms with Gasteiger partial charge in [0.05, 0.1) is 12.7 Å². The van der Waals surface area contributed by atoms with Crippen LogP contribution in [0.2, 0.25) is 0 Å². The van der Waals surface area contributed by atoms with Crippen molar-refractivity contribution >= 4 is 0 Å². The Morgan fingerprint density at radius 2 is 1.88 bits per heavy atom. The van der Waals surface area contributed by atoms with Crippen LogP contribution in [-0.4, -0.2) is 18.3 Å². The van der Waals surface area contributed by atoms with Gasteiger partial charge < -0.3 is 9.84 Å². The summed E-state index contributed by atoms with van der Waals surface area (Å²) in [6.07, 6.45) is 1.75. The molecule has 0 bridgehead atoms. The molecule has 0 aliphatic carbocycles. The first kappa shape index (κ1) is 12.6. The van der Waals surface area contributed by atoms with Crippen molar-refractivity contribution in [3.05, 3.63) is 34.4 Å². The molecule has 1 fully saturated rings. The van der Waals surface area contributed by atoms with Gasteiger partial charge in [0, 0.05) is 12.5 Å². The molecule has 2 unspecified atom stereocenters. The predicted octanol–water partition coefficient (Wildman–Crippen LogP) is 3.07. The number of benzene rings is 1. The molecule has 2 rings (SSSR count). The number of hydrogen-bond donors (Lipinski definition) is 1. The Balaban J connectivity index is 2.26. The highest BCUT2D eigenvalue weighted by Crippen LogP contribution is 2.32. The van der Waals surface area contributed by atoms with E-state index in [1.807, 2.05) is 0 Å². The number of aliphatic hydroxyl groups excluding tert-OH is 1. The highest BCUT2D eigenvalue weighted by molar-refractivity contribution is 5.39. The minimum absolute atomic E-state index is 0.254. The summed E-state index contributed by atoms with van der Waals surface area (Å²) in [6.45, 7) is 7.80. The first-order chi connectivity index (χ1) is 8.09. The van der Waals surface area contributed by atoms with Gasteiger partial charge in [0.1, 0.15) is 0 Å². The summed E-state index contributed by atoms with van der Waals surface area (Å²) in [5.74, 6) is 0.254. The third-order valence-corrected chi connectivity index (χ3v) is 3.68. The maximum Gasteiger partial charge on any atom is 0.0845 e. The Labute approximate surface area is 104 Å². The van der Waals surface area contributed by atoms with Crippen LogP contribution in [0.1, 0.15) is 41.2 Å². The van der Waals surface area contributed by atoms with Gasteiger partial charge in [-0.1, -0.05) is 17.7 Å². The first-order valence-electron chi connectivity index (χ1n) is 6.43. The Morgan fingerprint density at radius 1 is 1.24 bits per heavy atom. The SMILES string of the molecule is Cc1cc(C)c(C(O)C2CCCOC2)c(C)c1. The molecule has 17 heavy (non-hydrogen) atoms. The second kappa shape index (κ2) is 5.19. The lowest BCUT2D eigenvalue weighted by Gasteiger charge is -2.29. The fourth-order valence-corrected chi connectivity index (χ4v) is 2.91. The highest BCUT2D eigenvalue weighted by Gasteiger charge is 2.25. The molecular weight excluding hydrogens is 212 g/mol. The molecule has 0 saturated carbocycles. The Morgan fingerprint density at radius 3 is 2.41 bits per heavy atom. The second-order valence-corrected chi connectivity index (χ2v) is 5.23. The fraction of sp³-hybridized carbons (Fsp3) is 0.600. The van der Waals surface area contributed by atoms with Crippen LogP contribution in [0.3, 0.4) is 0 Å². The van der Waals surface area contributed by atoms with Crippen LogP contribution in [0, 0.1) is 26.7 Å². The van der Waals surface area contributed by atoms with E-state index in [0.29, 0.717) is 6.61 Å². The van der Waals surface area contributed by atoms with E-state index in [4.69, 9.17) is 4.74 Å². The van der Waals surface area contributed by atoms with Crippen molar-refractivity contribution in [2.24, 2.45) is 5.92 Å². The maximum absolute atomic E-state index is 10.5. The van der Waals surface area contributed by atoms with Gasteiger partial charge in [0.15, 0.2) is 0 Å². The molecule has 1 aliphatic heterocycles. The summed E-state index contributed by atoms with van der Waals surface area (Å²) in [5, 5.41) is 10.5. The standard InChI is InChI=1S/C15H22O2/c1-10-7-11(2)14(12(3)8-10)15(16)13-5-4-6-17-9-13/h7-8,13,15-16H,4-6,9H2,1-3H3. The zero-order valence-electron chi connectivity index (χ0n) is 11.0. The maximum atomic E-state index is 10.5. The number of aryl methyl sites for hydroxylation is 3. The molecule has 1 saturated heterocycles. The molecule has 0 spiro atoms. The number of rotatable bonds is 2. The third-order valence-electron chi connectivity index (χ3n) is 3.68. The van der Waals surface area contributed by atoms with E-state index in [1.54, 1.807) is 0 Å². The van der Waals surface area contributed by atoms with Crippen molar-refractivity contribution in [3.8, 4) is 0 Å². The van der Waals surface area contributed by atoms with Crippen LogP contribution >= 0.6 is 0 Å².